The number of terminal acetylenes is 1. The topological polar surface area (TPSA) is 128 Å². The Labute approximate surface area is 173 Å². The highest BCUT2D eigenvalue weighted by atomic mass is 19.1. The second kappa shape index (κ2) is 21.6. The molecule has 5 N–H and O–H groups in total. The molecule has 0 heterocycles. The zero-order valence-corrected chi connectivity index (χ0v) is 17.8. The minimum absolute atomic E-state index is 0.184. The van der Waals surface area contributed by atoms with E-state index in [1.54, 1.807) is 30.2 Å². The highest BCUT2D eigenvalue weighted by Crippen LogP contribution is 2.06. The van der Waals surface area contributed by atoms with E-state index in [0.717, 1.165) is 5.57 Å². The van der Waals surface area contributed by atoms with E-state index >= 15 is 0 Å². The predicted molar refractivity (Wildman–Crippen MR) is 115 cm³/mol. The smallest absolute Gasteiger partial charge is 0.271 e. The number of hydrogen-bond donors (Lipinski definition) is 3. The summed E-state index contributed by atoms with van der Waals surface area (Å²) in [7, 11) is 0. The molecule has 0 rings (SSSR count). The minimum atomic E-state index is -1.27. The Kier molecular flexibility index (Phi) is 23.1. The van der Waals surface area contributed by atoms with Gasteiger partial charge in [0, 0.05) is 12.3 Å². The maximum Gasteiger partial charge on any atom is 0.271 e. The fraction of sp³-hybridized carbons (Fsp3) is 0.500. The molecule has 0 aromatic heterocycles. The summed E-state index contributed by atoms with van der Waals surface area (Å²) >= 11 is 0. The van der Waals surface area contributed by atoms with Gasteiger partial charge in [0.1, 0.15) is 19.4 Å². The molecule has 0 aliphatic carbocycles. The molecule has 0 amide bonds. The van der Waals surface area contributed by atoms with Crippen molar-refractivity contribution in [3.63, 3.8) is 0 Å². The van der Waals surface area contributed by atoms with Crippen molar-refractivity contribution in [3.8, 4) is 12.8 Å². The van der Waals surface area contributed by atoms with Gasteiger partial charge in [0.25, 0.3) is 5.70 Å². The molecule has 0 radical (unpaired) electrons. The summed E-state index contributed by atoms with van der Waals surface area (Å²) in [6, 6.07) is 0. The van der Waals surface area contributed by atoms with Crippen molar-refractivity contribution in [1.82, 2.24) is 4.90 Å². The summed E-state index contributed by atoms with van der Waals surface area (Å²) in [5, 5.41) is 20.0. The Morgan fingerprint density at radius 3 is 2.41 bits per heavy atom. The second-order valence-electron chi connectivity index (χ2n) is 5.21. The van der Waals surface area contributed by atoms with Gasteiger partial charge in [-0.15, -0.1) is 12.8 Å². The molecule has 29 heavy (non-hydrogen) atoms. The predicted octanol–water partition coefficient (Wildman–Crippen LogP) is 2.66. The van der Waals surface area contributed by atoms with Gasteiger partial charge in [-0.05, 0) is 26.3 Å². The zero-order chi connectivity index (χ0) is 23.2. The van der Waals surface area contributed by atoms with Crippen LogP contribution in [0.3, 0.4) is 0 Å². The second-order valence-corrected chi connectivity index (χ2v) is 5.21. The number of halogens is 1. The van der Waals surface area contributed by atoms with Crippen molar-refractivity contribution < 1.29 is 19.2 Å². The Morgan fingerprint density at radius 2 is 1.97 bits per heavy atom. The first kappa shape index (κ1) is 31.0. The molecule has 1 atom stereocenters. The normalized spacial score (nSPS) is 13.1. The van der Waals surface area contributed by atoms with Crippen LogP contribution < -0.4 is 11.5 Å². The highest BCUT2D eigenvalue weighted by molar-refractivity contribution is 5.16. The Morgan fingerprint density at radius 1 is 1.38 bits per heavy atom. The molecule has 9 heteroatoms. The molecule has 0 aliphatic rings. The third kappa shape index (κ3) is 17.2. The van der Waals surface area contributed by atoms with Gasteiger partial charge in [-0.2, -0.15) is 0 Å². The van der Waals surface area contributed by atoms with Crippen LogP contribution in [0.15, 0.2) is 47.6 Å². The summed E-state index contributed by atoms with van der Waals surface area (Å²) in [6.07, 6.45) is 15.5. The minimum Gasteiger partial charge on any atom is -0.388 e. The number of nitrogens with two attached hydrogens (primary N) is 2. The first-order chi connectivity index (χ1) is 13.8. The number of nitro groups is 1. The monoisotopic (exact) mass is 414 g/mol. The average Bonchev–Trinajstić information content (AvgIpc) is 2.75. The van der Waals surface area contributed by atoms with Gasteiger partial charge in [-0.1, -0.05) is 31.6 Å². The lowest BCUT2D eigenvalue weighted by Gasteiger charge is -2.17. The zero-order valence-electron chi connectivity index (χ0n) is 17.8. The van der Waals surface area contributed by atoms with E-state index in [4.69, 9.17) is 21.3 Å². The first-order valence-electron chi connectivity index (χ1n) is 9.06. The SMILES string of the molecule is C#C.C/C=C(/N)N(/C=C\C/C(C)=C/C=C(\COCC(O)CF)[N+](=O)[O-])CN.CC. The first-order valence-corrected chi connectivity index (χ1v) is 9.06. The summed E-state index contributed by atoms with van der Waals surface area (Å²) in [5.74, 6) is 0.531. The molecule has 0 aliphatic heterocycles. The third-order valence-corrected chi connectivity index (χ3v) is 3.08. The maximum absolute atomic E-state index is 12.1. The molecule has 8 nitrogen and oxygen atoms in total. The molecule has 1 unspecified atom stereocenters. The highest BCUT2D eigenvalue weighted by Gasteiger charge is 2.11. The summed E-state index contributed by atoms with van der Waals surface area (Å²) < 4.78 is 17.0. The fourth-order valence-electron chi connectivity index (χ4n) is 1.60. The van der Waals surface area contributed by atoms with Crippen LogP contribution in [0.25, 0.3) is 0 Å². The Hall–Kier alpha value is -2.67. The van der Waals surface area contributed by atoms with Crippen LogP contribution in [0.5, 0.6) is 0 Å². The number of aliphatic hydroxyl groups excluding tert-OH is 1. The molecule has 0 bridgehead atoms. The molecule has 0 spiro atoms. The third-order valence-electron chi connectivity index (χ3n) is 3.08. The summed E-state index contributed by atoms with van der Waals surface area (Å²) in [6.45, 7) is 6.29. The quantitative estimate of drug-likeness (QED) is 0.147. The largest absolute Gasteiger partial charge is 0.388 e. The van der Waals surface area contributed by atoms with E-state index in [2.05, 4.69) is 12.8 Å². The van der Waals surface area contributed by atoms with Gasteiger partial charge >= 0.3 is 0 Å². The number of nitrogens with zero attached hydrogens (tertiary/aromatic N) is 2. The summed E-state index contributed by atoms with van der Waals surface area (Å²) in [5.41, 5.74) is 12.0. The van der Waals surface area contributed by atoms with Crippen molar-refractivity contribution in [3.05, 3.63) is 57.7 Å². The van der Waals surface area contributed by atoms with Crippen LogP contribution >= 0.6 is 0 Å². The maximum atomic E-state index is 12.1. The fourth-order valence-corrected chi connectivity index (χ4v) is 1.60. The van der Waals surface area contributed by atoms with Crippen LogP contribution in [-0.2, 0) is 4.74 Å². The molecular formula is C20H35FN4O4. The molecule has 0 fully saturated rings. The molecular weight excluding hydrogens is 379 g/mol. The van der Waals surface area contributed by atoms with Gasteiger partial charge in [-0.25, -0.2) is 4.39 Å². The average molecular weight is 415 g/mol. The van der Waals surface area contributed by atoms with E-state index in [1.165, 1.54) is 6.08 Å². The van der Waals surface area contributed by atoms with Crippen molar-refractivity contribution in [2.75, 3.05) is 26.6 Å². The molecule has 166 valence electrons. The van der Waals surface area contributed by atoms with Gasteiger partial charge in [0.2, 0.25) is 0 Å². The number of rotatable bonds is 12. The number of aliphatic hydroxyl groups is 1. The number of hydrogen-bond acceptors (Lipinski definition) is 7. The van der Waals surface area contributed by atoms with Crippen LogP contribution in [0.4, 0.5) is 4.39 Å². The molecule has 0 aromatic carbocycles. The van der Waals surface area contributed by atoms with Gasteiger partial charge in [-0.3, -0.25) is 10.1 Å². The molecule has 0 saturated carbocycles. The number of allylic oxidation sites excluding steroid dienone is 5. The van der Waals surface area contributed by atoms with Crippen molar-refractivity contribution in [2.45, 2.75) is 40.2 Å². The van der Waals surface area contributed by atoms with Crippen LogP contribution in [0.2, 0.25) is 0 Å². The van der Waals surface area contributed by atoms with E-state index in [0.29, 0.717) is 12.2 Å². The van der Waals surface area contributed by atoms with Crippen LogP contribution in [0.1, 0.15) is 34.1 Å². The van der Waals surface area contributed by atoms with E-state index < -0.39 is 17.7 Å². The van der Waals surface area contributed by atoms with Gasteiger partial charge in [0.05, 0.1) is 24.0 Å². The van der Waals surface area contributed by atoms with Crippen LogP contribution in [-0.4, -0.2) is 47.6 Å². The number of ether oxygens (including phenoxy) is 1. The van der Waals surface area contributed by atoms with E-state index in [-0.39, 0.29) is 25.6 Å². The Bertz CT molecular complexity index is 572. The van der Waals surface area contributed by atoms with Crippen LogP contribution in [0, 0.1) is 23.0 Å². The van der Waals surface area contributed by atoms with Gasteiger partial charge < -0.3 is 26.2 Å². The number of alkyl halides is 1. The summed E-state index contributed by atoms with van der Waals surface area (Å²) in [4.78, 5) is 12.0. The van der Waals surface area contributed by atoms with E-state index in [9.17, 15) is 14.5 Å². The van der Waals surface area contributed by atoms with Crippen molar-refractivity contribution in [2.24, 2.45) is 11.5 Å². The lowest BCUT2D eigenvalue weighted by molar-refractivity contribution is -0.430. The molecule has 0 saturated heterocycles. The lowest BCUT2D eigenvalue weighted by atomic mass is 10.2. The molecule has 0 aromatic rings. The van der Waals surface area contributed by atoms with Gasteiger partial charge in [0.15, 0.2) is 0 Å². The Balaban J connectivity index is -0.00000158. The lowest BCUT2D eigenvalue weighted by Crippen LogP contribution is -2.28. The standard InChI is InChI=1S/C16H27FN4O4.C2H6.C2H2/c1-3-16(19)20(12-18)8-4-5-13(2)6-7-14(21(23)24)10-25-11-15(22)9-17;2*1-2/h3-4,6-8,15,22H,5,9-12,18-19H2,1-2H3;1-2H3;1-2H/b8-4-,13-6+,14-7+,16-3-;;. The van der Waals surface area contributed by atoms with Crippen molar-refractivity contribution in [1.29, 1.82) is 0 Å². The van der Waals surface area contributed by atoms with Crippen molar-refractivity contribution >= 4 is 0 Å². The van der Waals surface area contributed by atoms with E-state index in [1.807, 2.05) is 26.8 Å².